The van der Waals surface area contributed by atoms with Gasteiger partial charge < -0.3 is 14.6 Å². The highest BCUT2D eigenvalue weighted by Gasteiger charge is 2.30. The van der Waals surface area contributed by atoms with Gasteiger partial charge in [0.2, 0.25) is 0 Å². The van der Waals surface area contributed by atoms with Crippen LogP contribution in [0.2, 0.25) is 0 Å². The lowest BCUT2D eigenvalue weighted by molar-refractivity contribution is -0.144. The first-order valence-electron chi connectivity index (χ1n) is 7.72. The Morgan fingerprint density at radius 3 is 2.81 bits per heavy atom. The van der Waals surface area contributed by atoms with Gasteiger partial charge in [0.1, 0.15) is 11.5 Å². The zero-order valence-electron chi connectivity index (χ0n) is 12.5. The van der Waals surface area contributed by atoms with Crippen molar-refractivity contribution in [1.29, 1.82) is 0 Å². The van der Waals surface area contributed by atoms with Crippen molar-refractivity contribution in [3.63, 3.8) is 0 Å². The average molecular weight is 290 g/mol. The first kappa shape index (κ1) is 14.2. The Morgan fingerprint density at radius 1 is 1.29 bits per heavy atom. The molecule has 1 aromatic rings. The number of fused-ring (bicyclic) bond motifs is 1. The summed E-state index contributed by atoms with van der Waals surface area (Å²) in [6.45, 7) is 4.58. The number of carboxylic acid groups (broad SMARTS) is 1. The van der Waals surface area contributed by atoms with E-state index in [2.05, 4.69) is 13.8 Å². The maximum absolute atomic E-state index is 11.0. The molecule has 4 unspecified atom stereocenters. The molecule has 0 bridgehead atoms. The number of aliphatic carboxylic acids is 1. The molecule has 3 rings (SSSR count). The second-order valence-electron chi connectivity index (χ2n) is 6.43. The van der Waals surface area contributed by atoms with Crippen molar-refractivity contribution in [2.75, 3.05) is 0 Å². The molecule has 1 N–H and O–H groups in total. The van der Waals surface area contributed by atoms with Crippen LogP contribution in [-0.4, -0.2) is 23.3 Å². The van der Waals surface area contributed by atoms with Crippen LogP contribution in [-0.2, 0) is 11.2 Å². The molecule has 0 aromatic heterocycles. The highest BCUT2D eigenvalue weighted by Crippen LogP contribution is 2.35. The molecule has 4 heteroatoms. The summed E-state index contributed by atoms with van der Waals surface area (Å²) in [6.07, 6.45) is 3.30. The summed E-state index contributed by atoms with van der Waals surface area (Å²) in [5.41, 5.74) is 0.945. The second kappa shape index (κ2) is 5.58. The Kier molecular flexibility index (Phi) is 3.79. The summed E-state index contributed by atoms with van der Waals surface area (Å²) in [4.78, 5) is 11.0. The predicted molar refractivity (Wildman–Crippen MR) is 78.8 cm³/mol. The lowest BCUT2D eigenvalue weighted by Gasteiger charge is -2.32. The summed E-state index contributed by atoms with van der Waals surface area (Å²) in [5, 5.41) is 9.01. The summed E-state index contributed by atoms with van der Waals surface area (Å²) in [5.74, 6) is 1.97. The van der Waals surface area contributed by atoms with Gasteiger partial charge in [0.05, 0.1) is 6.10 Å². The Hall–Kier alpha value is -1.71. The zero-order chi connectivity index (χ0) is 15.0. The van der Waals surface area contributed by atoms with Crippen molar-refractivity contribution >= 4 is 5.97 Å². The molecular weight excluding hydrogens is 268 g/mol. The number of rotatable bonds is 3. The van der Waals surface area contributed by atoms with E-state index < -0.39 is 12.1 Å². The molecule has 1 aromatic carbocycles. The van der Waals surface area contributed by atoms with Crippen LogP contribution in [0.1, 0.15) is 38.7 Å². The number of benzene rings is 1. The van der Waals surface area contributed by atoms with Crippen LogP contribution in [0.5, 0.6) is 11.5 Å². The van der Waals surface area contributed by atoms with E-state index in [9.17, 15) is 4.79 Å². The smallest absolute Gasteiger partial charge is 0.345 e. The SMILES string of the molecule is CC1CCC(Oc2ccc3c(c2)OC(C(=O)O)C3)CC1C. The van der Waals surface area contributed by atoms with E-state index in [1.165, 1.54) is 6.42 Å². The zero-order valence-corrected chi connectivity index (χ0v) is 12.5. The minimum Gasteiger partial charge on any atom is -0.490 e. The second-order valence-corrected chi connectivity index (χ2v) is 6.43. The molecule has 4 atom stereocenters. The topological polar surface area (TPSA) is 55.8 Å². The third-order valence-corrected chi connectivity index (χ3v) is 4.84. The number of carboxylic acids is 1. The summed E-state index contributed by atoms with van der Waals surface area (Å²) in [7, 11) is 0. The van der Waals surface area contributed by atoms with Crippen LogP contribution in [0, 0.1) is 11.8 Å². The Morgan fingerprint density at radius 2 is 2.10 bits per heavy atom. The fourth-order valence-corrected chi connectivity index (χ4v) is 3.22. The number of carbonyl (C=O) groups is 1. The quantitative estimate of drug-likeness (QED) is 0.928. The van der Waals surface area contributed by atoms with E-state index in [1.54, 1.807) is 0 Å². The average Bonchev–Trinajstić information content (AvgIpc) is 2.86. The molecule has 2 aliphatic rings. The first-order chi connectivity index (χ1) is 10.0. The van der Waals surface area contributed by atoms with E-state index in [-0.39, 0.29) is 6.10 Å². The maximum Gasteiger partial charge on any atom is 0.345 e. The minimum atomic E-state index is -0.913. The van der Waals surface area contributed by atoms with Crippen LogP contribution < -0.4 is 9.47 Å². The molecule has 4 nitrogen and oxygen atoms in total. The van der Waals surface area contributed by atoms with Gasteiger partial charge >= 0.3 is 5.97 Å². The fraction of sp³-hybridized carbons (Fsp3) is 0.588. The van der Waals surface area contributed by atoms with Gasteiger partial charge in [-0.15, -0.1) is 0 Å². The van der Waals surface area contributed by atoms with Crippen molar-refractivity contribution in [2.45, 2.75) is 51.7 Å². The molecular formula is C17H22O4. The number of ether oxygens (including phenoxy) is 2. The lowest BCUT2D eigenvalue weighted by Crippen LogP contribution is -2.28. The molecule has 1 aliphatic heterocycles. The van der Waals surface area contributed by atoms with Crippen LogP contribution in [0.4, 0.5) is 0 Å². The highest BCUT2D eigenvalue weighted by atomic mass is 16.5. The monoisotopic (exact) mass is 290 g/mol. The highest BCUT2D eigenvalue weighted by molar-refractivity contribution is 5.74. The van der Waals surface area contributed by atoms with E-state index in [0.29, 0.717) is 18.1 Å². The standard InChI is InChI=1S/C17H22O4/c1-10-3-5-13(7-11(10)2)20-14-6-4-12-8-16(17(18)19)21-15(12)9-14/h4,6,9-11,13,16H,3,5,7-8H2,1-2H3,(H,18,19). The van der Waals surface area contributed by atoms with Gasteiger partial charge in [-0.2, -0.15) is 0 Å². The van der Waals surface area contributed by atoms with Crippen LogP contribution >= 0.6 is 0 Å². The van der Waals surface area contributed by atoms with Crippen molar-refractivity contribution in [2.24, 2.45) is 11.8 Å². The van der Waals surface area contributed by atoms with Crippen molar-refractivity contribution < 1.29 is 19.4 Å². The van der Waals surface area contributed by atoms with Gasteiger partial charge in [-0.1, -0.05) is 19.9 Å². The van der Waals surface area contributed by atoms with Crippen LogP contribution in [0.3, 0.4) is 0 Å². The molecule has 1 fully saturated rings. The Balaban J connectivity index is 1.66. The van der Waals surface area contributed by atoms with Gasteiger partial charge in [-0.3, -0.25) is 0 Å². The molecule has 114 valence electrons. The van der Waals surface area contributed by atoms with E-state index in [4.69, 9.17) is 14.6 Å². The maximum atomic E-state index is 11.0. The molecule has 0 amide bonds. The molecule has 1 aliphatic carbocycles. The van der Waals surface area contributed by atoms with Gasteiger partial charge in [-0.25, -0.2) is 4.79 Å². The fourth-order valence-electron chi connectivity index (χ4n) is 3.22. The number of hydrogen-bond donors (Lipinski definition) is 1. The Bertz CT molecular complexity index is 540. The number of hydrogen-bond acceptors (Lipinski definition) is 3. The van der Waals surface area contributed by atoms with Gasteiger partial charge in [-0.05, 0) is 42.7 Å². The third-order valence-electron chi connectivity index (χ3n) is 4.84. The summed E-state index contributed by atoms with van der Waals surface area (Å²) >= 11 is 0. The molecule has 21 heavy (non-hydrogen) atoms. The van der Waals surface area contributed by atoms with Crippen molar-refractivity contribution in [3.05, 3.63) is 23.8 Å². The van der Waals surface area contributed by atoms with Gasteiger partial charge in [0.25, 0.3) is 0 Å². The van der Waals surface area contributed by atoms with Gasteiger partial charge in [0, 0.05) is 12.5 Å². The molecule has 0 saturated heterocycles. The normalized spacial score (nSPS) is 31.3. The predicted octanol–water partition coefficient (Wildman–Crippen LogP) is 3.28. The first-order valence-corrected chi connectivity index (χ1v) is 7.72. The largest absolute Gasteiger partial charge is 0.490 e. The van der Waals surface area contributed by atoms with Gasteiger partial charge in [0.15, 0.2) is 6.10 Å². The van der Waals surface area contributed by atoms with Crippen LogP contribution in [0.25, 0.3) is 0 Å². The van der Waals surface area contributed by atoms with E-state index >= 15 is 0 Å². The molecule has 1 heterocycles. The molecule has 0 spiro atoms. The van der Waals surface area contributed by atoms with Crippen molar-refractivity contribution in [3.8, 4) is 11.5 Å². The lowest BCUT2D eigenvalue weighted by atomic mass is 9.80. The summed E-state index contributed by atoms with van der Waals surface area (Å²) < 4.78 is 11.5. The summed E-state index contributed by atoms with van der Waals surface area (Å²) in [6, 6.07) is 5.68. The minimum absolute atomic E-state index is 0.255. The van der Waals surface area contributed by atoms with Crippen molar-refractivity contribution in [1.82, 2.24) is 0 Å². The third kappa shape index (κ3) is 2.99. The Labute approximate surface area is 125 Å². The molecule has 1 saturated carbocycles. The van der Waals surface area contributed by atoms with Crippen LogP contribution in [0.15, 0.2) is 18.2 Å². The molecule has 0 radical (unpaired) electrons. The van der Waals surface area contributed by atoms with E-state index in [0.717, 1.165) is 30.1 Å². The van der Waals surface area contributed by atoms with E-state index in [1.807, 2.05) is 18.2 Å².